The van der Waals surface area contributed by atoms with Gasteiger partial charge in [-0.05, 0) is 5.59 Å². The van der Waals surface area contributed by atoms with Gasteiger partial charge >= 0.3 is 0 Å². The third-order valence-electron chi connectivity index (χ3n) is 0.0816. The second-order valence-electron chi connectivity index (χ2n) is 0.357. The Hall–Kier alpha value is -0.308. The molecule has 6 heavy (non-hydrogen) atoms. The zero-order chi connectivity index (χ0) is 4.28. The predicted octanol–water partition coefficient (Wildman–Crippen LogP) is -1.22. The van der Waals surface area contributed by atoms with Crippen molar-refractivity contribution in [3.63, 3.8) is 0 Å². The molecule has 0 unspecified atom stereocenters. The maximum Gasteiger partial charge on any atom is 0.184 e. The van der Waals surface area contributed by atoms with Crippen molar-refractivity contribution in [2.45, 2.75) is 0 Å². The summed E-state index contributed by atoms with van der Waals surface area (Å²) in [7, 11) is 0. The molecule has 0 aromatic heterocycles. The van der Waals surface area contributed by atoms with Crippen LogP contribution in [0.15, 0.2) is 0 Å². The van der Waals surface area contributed by atoms with Crippen LogP contribution in [0.25, 0.3) is 0 Å². The van der Waals surface area contributed by atoms with Crippen molar-refractivity contribution in [3.8, 4) is 0 Å². The van der Waals surface area contributed by atoms with Crippen LogP contribution >= 0.6 is 0 Å². The van der Waals surface area contributed by atoms with Crippen LogP contribution in [0.3, 0.4) is 0 Å². The van der Waals surface area contributed by atoms with Crippen LogP contribution in [0.5, 0.6) is 0 Å². The summed E-state index contributed by atoms with van der Waals surface area (Å²) in [5.41, 5.74) is 0.750. The molecule has 0 aromatic carbocycles. The van der Waals surface area contributed by atoms with Crippen molar-refractivity contribution >= 4 is 17.4 Å². The first-order valence-electron chi connectivity index (χ1n) is 0.812. The molecule has 2 N–H and O–H groups in total. The molecule has 0 amide bonds. The Kier molecular flexibility index (Phi) is 7.19. The molecular weight excluding hydrogens is 103 g/mol. The van der Waals surface area contributed by atoms with Crippen LogP contribution in [-0.2, 0) is 0 Å². The van der Waals surface area contributed by atoms with Crippen LogP contribution in [0.1, 0.15) is 0 Å². The molecule has 0 atom stereocenters. The average molecular weight is 105 g/mol. The van der Waals surface area contributed by atoms with Crippen molar-refractivity contribution in [2.75, 3.05) is 0 Å². The van der Waals surface area contributed by atoms with Crippen molar-refractivity contribution in [3.05, 3.63) is 10.1 Å². The highest BCUT2D eigenvalue weighted by molar-refractivity contribution is 5.75. The summed E-state index contributed by atoms with van der Waals surface area (Å²) in [6.07, 6.45) is 0. The van der Waals surface area contributed by atoms with E-state index in [1.165, 1.54) is 0 Å². The second kappa shape index (κ2) is 4.69. The summed E-state index contributed by atoms with van der Waals surface area (Å²) in [5.74, 6) is 0. The van der Waals surface area contributed by atoms with Gasteiger partial charge in [-0.25, -0.2) is 15.3 Å². The number of rotatable bonds is 1. The van der Waals surface area contributed by atoms with E-state index in [2.05, 4.69) is 0 Å². The third-order valence-corrected chi connectivity index (χ3v) is 0.0816. The van der Waals surface area contributed by atoms with Crippen molar-refractivity contribution in [2.24, 2.45) is 0 Å². The van der Waals surface area contributed by atoms with Gasteiger partial charge in [-0.3, -0.25) is 0 Å². The summed E-state index contributed by atoms with van der Waals surface area (Å²) < 4.78 is 0. The number of hydrogen-bond donors (Lipinski definition) is 2. The quantitative estimate of drug-likeness (QED) is 0.249. The van der Waals surface area contributed by atoms with Gasteiger partial charge in [0.2, 0.25) is 0 Å². The smallest absolute Gasteiger partial charge is 0.184 e. The normalized spacial score (nSPS) is 5.50. The molecule has 3 radical (unpaired) electrons. The maximum atomic E-state index is 8.81. The van der Waals surface area contributed by atoms with Crippen LogP contribution in [0.2, 0.25) is 0 Å². The molecule has 33 valence electrons. The van der Waals surface area contributed by atoms with Gasteiger partial charge in [0, 0.05) is 17.4 Å². The fourth-order valence-corrected chi connectivity index (χ4v) is 0. The molecule has 0 heterocycles. The SMILES string of the molecule is O=[N+]([O-])NO.[Al]. The van der Waals surface area contributed by atoms with Gasteiger partial charge in [0.05, 0.1) is 0 Å². The highest BCUT2D eigenvalue weighted by Gasteiger charge is 1.75. The molecule has 6 heteroatoms. The highest BCUT2D eigenvalue weighted by Crippen LogP contribution is 1.41. The van der Waals surface area contributed by atoms with E-state index < -0.39 is 5.03 Å². The lowest BCUT2D eigenvalue weighted by Crippen LogP contribution is -2.14. The second-order valence-corrected chi connectivity index (χ2v) is 0.357. The Balaban J connectivity index is 0. The first-order chi connectivity index (χ1) is 2.27. The Morgan fingerprint density at radius 3 is 2.00 bits per heavy atom. The van der Waals surface area contributed by atoms with E-state index in [9.17, 15) is 0 Å². The molecule has 0 aliphatic carbocycles. The minimum atomic E-state index is -1.07. The topological polar surface area (TPSA) is 75.4 Å². The molecule has 0 fully saturated rings. The number of hydrazine groups is 1. The molecular formula is H2AlN2O3. The number of hydrogen-bond acceptors (Lipinski definition) is 3. The largest absolute Gasteiger partial charge is 0.239 e. The molecule has 0 saturated heterocycles. The minimum absolute atomic E-state index is 0. The number of nitrogens with zero attached hydrogens (tertiary/aromatic N) is 1. The molecule has 0 bridgehead atoms. The van der Waals surface area contributed by atoms with Crippen LogP contribution < -0.4 is 5.59 Å². The molecule has 0 spiro atoms. The van der Waals surface area contributed by atoms with Gasteiger partial charge in [0.1, 0.15) is 0 Å². The van der Waals surface area contributed by atoms with Crippen LogP contribution in [0.4, 0.5) is 0 Å². The third kappa shape index (κ3) is 9.34. The van der Waals surface area contributed by atoms with Crippen molar-refractivity contribution < 1.29 is 10.2 Å². The molecule has 0 aromatic rings. The Labute approximate surface area is 44.2 Å². The van der Waals surface area contributed by atoms with E-state index in [1.807, 2.05) is 0 Å². The monoisotopic (exact) mass is 105 g/mol. The first kappa shape index (κ1) is 9.19. The summed E-state index contributed by atoms with van der Waals surface area (Å²) in [4.78, 5) is 8.81. The Morgan fingerprint density at radius 2 is 2.00 bits per heavy atom. The fraction of sp³-hybridized carbons (Fsp3) is 0. The lowest BCUT2D eigenvalue weighted by atomic mass is 12.6. The van der Waals surface area contributed by atoms with E-state index in [0.29, 0.717) is 0 Å². The first-order valence-corrected chi connectivity index (χ1v) is 0.812. The highest BCUT2D eigenvalue weighted by atomic mass is 27.0. The Morgan fingerprint density at radius 1 is 1.83 bits per heavy atom. The van der Waals surface area contributed by atoms with E-state index in [-0.39, 0.29) is 17.4 Å². The van der Waals surface area contributed by atoms with Crippen LogP contribution in [0, 0.1) is 10.1 Å². The molecule has 0 rings (SSSR count). The fourth-order valence-electron chi connectivity index (χ4n) is 0. The molecule has 0 aliphatic rings. The lowest BCUT2D eigenvalue weighted by Gasteiger charge is -1.74. The zero-order valence-electron chi connectivity index (χ0n) is 2.79. The number of nitro groups is 1. The predicted molar refractivity (Wildman–Crippen MR) is 17.7 cm³/mol. The van der Waals surface area contributed by atoms with Crippen LogP contribution in [-0.4, -0.2) is 27.6 Å². The van der Waals surface area contributed by atoms with E-state index in [1.54, 1.807) is 0 Å². The van der Waals surface area contributed by atoms with Gasteiger partial charge in [-0.15, -0.1) is 0 Å². The number of nitrogens with one attached hydrogen (secondary N) is 1. The van der Waals surface area contributed by atoms with Gasteiger partial charge in [-0.2, -0.15) is 0 Å². The van der Waals surface area contributed by atoms with E-state index in [0.717, 1.165) is 5.59 Å². The van der Waals surface area contributed by atoms with E-state index >= 15 is 0 Å². The van der Waals surface area contributed by atoms with Crippen molar-refractivity contribution in [1.29, 1.82) is 0 Å². The molecule has 0 aliphatic heterocycles. The summed E-state index contributed by atoms with van der Waals surface area (Å²) in [6.45, 7) is 0. The van der Waals surface area contributed by atoms with Gasteiger partial charge in [-0.1, -0.05) is 0 Å². The van der Waals surface area contributed by atoms with Crippen molar-refractivity contribution in [1.82, 2.24) is 5.59 Å². The summed E-state index contributed by atoms with van der Waals surface area (Å²) in [5, 5.41) is 14.9. The van der Waals surface area contributed by atoms with Gasteiger partial charge < -0.3 is 0 Å². The minimum Gasteiger partial charge on any atom is -0.239 e. The average Bonchev–Trinajstić information content (AvgIpc) is 1.38. The molecule has 5 nitrogen and oxygen atoms in total. The summed E-state index contributed by atoms with van der Waals surface area (Å²) in [6, 6.07) is 0. The lowest BCUT2D eigenvalue weighted by molar-refractivity contribution is -0.600. The Bertz CT molecular complexity index is 44.1. The standard InChI is InChI=1S/Al.H2N2O3/c;3-1-2(4)5/h;1,3H. The van der Waals surface area contributed by atoms with Gasteiger partial charge in [0.15, 0.2) is 5.03 Å². The maximum absolute atomic E-state index is 8.81. The molecule has 0 saturated carbocycles. The van der Waals surface area contributed by atoms with Gasteiger partial charge in [0.25, 0.3) is 0 Å². The van der Waals surface area contributed by atoms with E-state index in [4.69, 9.17) is 15.3 Å². The summed E-state index contributed by atoms with van der Waals surface area (Å²) >= 11 is 0. The zero-order valence-corrected chi connectivity index (χ0v) is 3.94.